The van der Waals surface area contributed by atoms with Crippen LogP contribution < -0.4 is 0 Å². The molecule has 1 aromatic rings. The largest absolute Gasteiger partial charge is 0.294 e. The minimum Gasteiger partial charge on any atom is -0.294 e. The molecule has 0 saturated carbocycles. The molecule has 0 bridgehead atoms. The summed E-state index contributed by atoms with van der Waals surface area (Å²) in [5.41, 5.74) is 0.976. The molecule has 0 radical (unpaired) electrons. The summed E-state index contributed by atoms with van der Waals surface area (Å²) in [6.45, 7) is 0. The Bertz CT molecular complexity index is 454. The van der Waals surface area contributed by atoms with Crippen LogP contribution in [0.4, 0.5) is 0 Å². The maximum absolute atomic E-state index is 11.7. The Balaban J connectivity index is 2.03. The first kappa shape index (κ1) is 10.9. The second kappa shape index (κ2) is 4.95. The van der Waals surface area contributed by atoms with Gasteiger partial charge in [0.1, 0.15) is 0 Å². The van der Waals surface area contributed by atoms with E-state index >= 15 is 0 Å². The summed E-state index contributed by atoms with van der Waals surface area (Å²) in [6, 6.07) is 7.38. The highest BCUT2D eigenvalue weighted by atomic mass is 35.5. The fraction of sp³-hybridized carbons (Fsp3) is 0.0714. The van der Waals surface area contributed by atoms with Crippen LogP contribution in [-0.2, 0) is 4.79 Å². The first-order valence-electron chi connectivity index (χ1n) is 5.08. The number of carbonyl (C=O) groups is 1. The van der Waals surface area contributed by atoms with Crippen molar-refractivity contribution in [2.45, 2.75) is 0 Å². The van der Waals surface area contributed by atoms with E-state index in [2.05, 4.69) is 0 Å². The molecular weight excluding hydrogens is 220 g/mol. The van der Waals surface area contributed by atoms with E-state index in [0.29, 0.717) is 5.02 Å². The van der Waals surface area contributed by atoms with Crippen molar-refractivity contribution < 1.29 is 4.79 Å². The highest BCUT2D eigenvalue weighted by Crippen LogP contribution is 2.13. The highest BCUT2D eigenvalue weighted by Gasteiger charge is 2.10. The number of ketones is 1. The molecule has 0 saturated heterocycles. The van der Waals surface area contributed by atoms with Gasteiger partial charge in [0.2, 0.25) is 0 Å². The van der Waals surface area contributed by atoms with Gasteiger partial charge in [0.25, 0.3) is 0 Å². The van der Waals surface area contributed by atoms with Gasteiger partial charge in [-0.2, -0.15) is 0 Å². The molecule has 0 aliphatic heterocycles. The van der Waals surface area contributed by atoms with Gasteiger partial charge in [0.15, 0.2) is 5.78 Å². The molecule has 2 rings (SSSR count). The molecule has 0 fully saturated rings. The third-order valence-corrected chi connectivity index (χ3v) is 2.64. The Morgan fingerprint density at radius 3 is 2.38 bits per heavy atom. The lowest BCUT2D eigenvalue weighted by molar-refractivity contribution is -0.115. The summed E-state index contributed by atoms with van der Waals surface area (Å²) < 4.78 is 0. The highest BCUT2D eigenvalue weighted by molar-refractivity contribution is 6.30. The third-order valence-electron chi connectivity index (χ3n) is 2.39. The van der Waals surface area contributed by atoms with Gasteiger partial charge >= 0.3 is 0 Å². The van der Waals surface area contributed by atoms with Gasteiger partial charge in [-0.05, 0) is 23.8 Å². The molecule has 2 heteroatoms. The minimum atomic E-state index is -0.0939. The van der Waals surface area contributed by atoms with E-state index in [9.17, 15) is 4.79 Å². The number of halogens is 1. The molecule has 0 amide bonds. The standard InChI is InChI=1S/C14H11ClO/c15-13-8-5-11(6-9-13)7-10-14(16)12-3-1-2-4-12/h1-10,12H. The molecule has 1 nitrogen and oxygen atoms in total. The average molecular weight is 231 g/mol. The summed E-state index contributed by atoms with van der Waals surface area (Å²) in [6.07, 6.45) is 11.0. The van der Waals surface area contributed by atoms with Crippen LogP contribution in [0.5, 0.6) is 0 Å². The molecular formula is C14H11ClO. The molecule has 16 heavy (non-hydrogen) atoms. The van der Waals surface area contributed by atoms with Crippen LogP contribution in [0, 0.1) is 5.92 Å². The van der Waals surface area contributed by atoms with Crippen molar-refractivity contribution in [3.8, 4) is 0 Å². The average Bonchev–Trinajstić information content (AvgIpc) is 2.81. The van der Waals surface area contributed by atoms with Crippen molar-refractivity contribution in [3.05, 3.63) is 65.2 Å². The molecule has 0 spiro atoms. The minimum absolute atomic E-state index is 0.0939. The smallest absolute Gasteiger partial charge is 0.166 e. The maximum Gasteiger partial charge on any atom is 0.166 e. The van der Waals surface area contributed by atoms with Gasteiger partial charge in [0.05, 0.1) is 5.92 Å². The van der Waals surface area contributed by atoms with E-state index in [1.807, 2.05) is 36.4 Å². The number of rotatable bonds is 3. The number of hydrogen-bond donors (Lipinski definition) is 0. The predicted molar refractivity (Wildman–Crippen MR) is 67.3 cm³/mol. The fourth-order valence-corrected chi connectivity index (χ4v) is 1.61. The topological polar surface area (TPSA) is 17.1 Å². The van der Waals surface area contributed by atoms with Gasteiger partial charge in [0, 0.05) is 5.02 Å². The second-order valence-corrected chi connectivity index (χ2v) is 4.02. The van der Waals surface area contributed by atoms with Crippen LogP contribution in [0.15, 0.2) is 54.6 Å². The molecule has 1 aliphatic carbocycles. The summed E-state index contributed by atoms with van der Waals surface area (Å²) in [5, 5.41) is 0.699. The van der Waals surface area contributed by atoms with Crippen LogP contribution in [0.1, 0.15) is 5.56 Å². The van der Waals surface area contributed by atoms with Crippen molar-refractivity contribution in [3.63, 3.8) is 0 Å². The fourth-order valence-electron chi connectivity index (χ4n) is 1.48. The zero-order valence-corrected chi connectivity index (χ0v) is 9.39. The zero-order valence-electron chi connectivity index (χ0n) is 8.64. The predicted octanol–water partition coefficient (Wildman–Crippen LogP) is 3.66. The van der Waals surface area contributed by atoms with Crippen molar-refractivity contribution in [2.24, 2.45) is 5.92 Å². The van der Waals surface area contributed by atoms with Crippen LogP contribution >= 0.6 is 11.6 Å². The molecule has 1 aliphatic rings. The summed E-state index contributed by atoms with van der Waals surface area (Å²) in [7, 11) is 0. The van der Waals surface area contributed by atoms with Crippen LogP contribution in [0.3, 0.4) is 0 Å². The number of allylic oxidation sites excluding steroid dienone is 5. The third kappa shape index (κ3) is 2.71. The second-order valence-electron chi connectivity index (χ2n) is 3.58. The van der Waals surface area contributed by atoms with E-state index in [1.54, 1.807) is 24.3 Å². The van der Waals surface area contributed by atoms with Crippen LogP contribution in [0.2, 0.25) is 5.02 Å². The molecule has 80 valence electrons. The van der Waals surface area contributed by atoms with Gasteiger partial charge in [-0.3, -0.25) is 4.79 Å². The molecule has 1 aromatic carbocycles. The zero-order chi connectivity index (χ0) is 11.4. The Hall–Kier alpha value is -1.60. The first-order valence-corrected chi connectivity index (χ1v) is 5.46. The maximum atomic E-state index is 11.7. The van der Waals surface area contributed by atoms with Gasteiger partial charge in [-0.1, -0.05) is 54.1 Å². The lowest BCUT2D eigenvalue weighted by Crippen LogP contribution is -2.03. The van der Waals surface area contributed by atoms with Gasteiger partial charge in [-0.25, -0.2) is 0 Å². The lowest BCUT2D eigenvalue weighted by atomic mass is 10.1. The number of carbonyl (C=O) groups excluding carboxylic acids is 1. The van der Waals surface area contributed by atoms with Crippen molar-refractivity contribution in [2.75, 3.05) is 0 Å². The van der Waals surface area contributed by atoms with Gasteiger partial charge < -0.3 is 0 Å². The summed E-state index contributed by atoms with van der Waals surface area (Å²) in [5.74, 6) is 0.00324. The Labute approximate surface area is 99.7 Å². The van der Waals surface area contributed by atoms with Gasteiger partial charge in [-0.15, -0.1) is 0 Å². The summed E-state index contributed by atoms with van der Waals surface area (Å²) >= 11 is 5.77. The Morgan fingerprint density at radius 2 is 1.75 bits per heavy atom. The Kier molecular flexibility index (Phi) is 3.37. The normalized spacial score (nSPS) is 15.1. The first-order chi connectivity index (χ1) is 7.75. The SMILES string of the molecule is O=C(C=Cc1ccc(Cl)cc1)C1C=CC=C1. The Morgan fingerprint density at radius 1 is 1.12 bits per heavy atom. The van der Waals surface area contributed by atoms with Crippen LogP contribution in [0.25, 0.3) is 6.08 Å². The number of benzene rings is 1. The molecule has 0 unspecified atom stereocenters. The van der Waals surface area contributed by atoms with E-state index in [0.717, 1.165) is 5.56 Å². The van der Waals surface area contributed by atoms with E-state index < -0.39 is 0 Å². The molecule has 0 N–H and O–H groups in total. The summed E-state index contributed by atoms with van der Waals surface area (Å²) in [4.78, 5) is 11.7. The van der Waals surface area contributed by atoms with Crippen molar-refractivity contribution in [1.29, 1.82) is 0 Å². The van der Waals surface area contributed by atoms with Crippen LogP contribution in [-0.4, -0.2) is 5.78 Å². The molecule has 0 heterocycles. The monoisotopic (exact) mass is 230 g/mol. The quantitative estimate of drug-likeness (QED) is 0.725. The lowest BCUT2D eigenvalue weighted by Gasteiger charge is -1.98. The molecule has 0 atom stereocenters. The van der Waals surface area contributed by atoms with E-state index in [-0.39, 0.29) is 11.7 Å². The van der Waals surface area contributed by atoms with E-state index in [1.165, 1.54) is 0 Å². The number of hydrogen-bond acceptors (Lipinski definition) is 1. The molecule has 0 aromatic heterocycles. The van der Waals surface area contributed by atoms with Crippen molar-refractivity contribution in [1.82, 2.24) is 0 Å². The van der Waals surface area contributed by atoms with Crippen molar-refractivity contribution >= 4 is 23.5 Å². The van der Waals surface area contributed by atoms with E-state index in [4.69, 9.17) is 11.6 Å².